The van der Waals surface area contributed by atoms with Gasteiger partial charge in [-0.2, -0.15) is 0 Å². The van der Waals surface area contributed by atoms with Crippen LogP contribution in [-0.2, 0) is 9.53 Å². The van der Waals surface area contributed by atoms with Crippen molar-refractivity contribution < 1.29 is 9.53 Å². The molecule has 0 aromatic heterocycles. The highest BCUT2D eigenvalue weighted by Crippen LogP contribution is 2.30. The van der Waals surface area contributed by atoms with Crippen molar-refractivity contribution >= 4 is 5.97 Å². The Balaban J connectivity index is 2.38. The molecule has 1 fully saturated rings. The van der Waals surface area contributed by atoms with E-state index >= 15 is 0 Å². The summed E-state index contributed by atoms with van der Waals surface area (Å²) in [5.41, 5.74) is 0. The number of hydrogen-bond donors (Lipinski definition) is 0. The lowest BCUT2D eigenvalue weighted by Gasteiger charge is -2.30. The largest absolute Gasteiger partial charge is 0.465 e. The molecule has 0 aliphatic carbocycles. The van der Waals surface area contributed by atoms with E-state index in [1.165, 1.54) is 38.5 Å². The van der Waals surface area contributed by atoms with Gasteiger partial charge in [0, 0.05) is 6.42 Å². The number of unbranched alkanes of at least 4 members (excludes halogenated alkanes) is 2. The molecule has 0 amide bonds. The van der Waals surface area contributed by atoms with Crippen LogP contribution in [0, 0.1) is 11.8 Å². The van der Waals surface area contributed by atoms with Gasteiger partial charge in [-0.05, 0) is 24.7 Å². The fourth-order valence-electron chi connectivity index (χ4n) is 2.37. The zero-order valence-electron chi connectivity index (χ0n) is 10.1. The molecule has 15 heavy (non-hydrogen) atoms. The average molecular weight is 212 g/mol. The van der Waals surface area contributed by atoms with E-state index in [4.69, 9.17) is 4.74 Å². The smallest absolute Gasteiger partial charge is 0.306 e. The first-order valence-corrected chi connectivity index (χ1v) is 6.43. The van der Waals surface area contributed by atoms with Crippen LogP contribution in [-0.4, -0.2) is 12.6 Å². The molecule has 2 atom stereocenters. The lowest BCUT2D eigenvalue weighted by molar-refractivity contribution is -0.153. The molecule has 88 valence electrons. The Morgan fingerprint density at radius 3 is 2.33 bits per heavy atom. The summed E-state index contributed by atoms with van der Waals surface area (Å²) in [6.45, 7) is 5.10. The molecule has 1 rings (SSSR count). The van der Waals surface area contributed by atoms with Gasteiger partial charge in [0.15, 0.2) is 0 Å². The molecule has 2 heteroatoms. The van der Waals surface area contributed by atoms with Gasteiger partial charge >= 0.3 is 5.97 Å². The van der Waals surface area contributed by atoms with Gasteiger partial charge in [0.2, 0.25) is 0 Å². The molecular formula is C13H24O2. The Hall–Kier alpha value is -0.530. The van der Waals surface area contributed by atoms with Crippen molar-refractivity contribution in [3.8, 4) is 0 Å². The predicted octanol–water partition coefficient (Wildman–Crippen LogP) is 3.55. The van der Waals surface area contributed by atoms with Gasteiger partial charge in [-0.3, -0.25) is 4.79 Å². The number of rotatable bonds is 6. The van der Waals surface area contributed by atoms with Crippen molar-refractivity contribution in [2.75, 3.05) is 6.61 Å². The zero-order valence-corrected chi connectivity index (χ0v) is 10.1. The van der Waals surface area contributed by atoms with Crippen LogP contribution in [0.5, 0.6) is 0 Å². The second kappa shape index (κ2) is 6.86. The molecule has 0 aromatic carbocycles. The Morgan fingerprint density at radius 2 is 1.73 bits per heavy atom. The molecule has 0 N–H and O–H groups in total. The molecule has 0 unspecified atom stereocenters. The van der Waals surface area contributed by atoms with Crippen LogP contribution in [0.4, 0.5) is 0 Å². The van der Waals surface area contributed by atoms with Crippen LogP contribution in [0.25, 0.3) is 0 Å². The maximum atomic E-state index is 11.2. The van der Waals surface area contributed by atoms with Gasteiger partial charge in [0.25, 0.3) is 0 Å². The molecule has 1 heterocycles. The van der Waals surface area contributed by atoms with E-state index in [2.05, 4.69) is 13.8 Å². The fraction of sp³-hybridized carbons (Fsp3) is 0.923. The molecule has 0 bridgehead atoms. The van der Waals surface area contributed by atoms with Crippen molar-refractivity contribution in [1.82, 2.24) is 0 Å². The third-order valence-electron chi connectivity index (χ3n) is 3.41. The minimum absolute atomic E-state index is 0.0175. The molecule has 1 aliphatic heterocycles. The summed E-state index contributed by atoms with van der Waals surface area (Å²) in [5.74, 6) is 1.25. The Labute approximate surface area is 93.4 Å². The van der Waals surface area contributed by atoms with Crippen LogP contribution in [0.3, 0.4) is 0 Å². The molecular weight excluding hydrogens is 188 g/mol. The number of hydrogen-bond acceptors (Lipinski definition) is 2. The maximum absolute atomic E-state index is 11.2. The summed E-state index contributed by atoms with van der Waals surface area (Å²) in [5, 5.41) is 0. The minimum Gasteiger partial charge on any atom is -0.465 e. The van der Waals surface area contributed by atoms with E-state index in [-0.39, 0.29) is 5.97 Å². The summed E-state index contributed by atoms with van der Waals surface area (Å²) in [4.78, 5) is 11.2. The average Bonchev–Trinajstić information content (AvgIpc) is 2.25. The Kier molecular flexibility index (Phi) is 5.74. The van der Waals surface area contributed by atoms with Crippen molar-refractivity contribution in [2.24, 2.45) is 11.8 Å². The number of esters is 1. The molecule has 1 saturated heterocycles. The Bertz CT molecular complexity index is 189. The quantitative estimate of drug-likeness (QED) is 0.629. The second-order valence-corrected chi connectivity index (χ2v) is 4.69. The van der Waals surface area contributed by atoms with Gasteiger partial charge in [0.1, 0.15) is 0 Å². The van der Waals surface area contributed by atoms with E-state index in [1.807, 2.05) is 0 Å². The molecule has 0 spiro atoms. The van der Waals surface area contributed by atoms with E-state index in [1.54, 1.807) is 0 Å². The van der Waals surface area contributed by atoms with Gasteiger partial charge in [-0.15, -0.1) is 0 Å². The number of ether oxygens (including phenoxy) is 1. The van der Waals surface area contributed by atoms with Crippen molar-refractivity contribution in [3.63, 3.8) is 0 Å². The van der Waals surface area contributed by atoms with Crippen LogP contribution in [0.15, 0.2) is 0 Å². The van der Waals surface area contributed by atoms with Crippen molar-refractivity contribution in [3.05, 3.63) is 0 Å². The third-order valence-corrected chi connectivity index (χ3v) is 3.41. The summed E-state index contributed by atoms with van der Waals surface area (Å²) < 4.78 is 5.16. The first-order valence-electron chi connectivity index (χ1n) is 6.43. The number of carbonyl (C=O) groups is 1. The number of carbonyl (C=O) groups excluding carboxylic acids is 1. The Morgan fingerprint density at radius 1 is 1.13 bits per heavy atom. The topological polar surface area (TPSA) is 26.3 Å². The van der Waals surface area contributed by atoms with Gasteiger partial charge in [-0.1, -0.05) is 39.5 Å². The van der Waals surface area contributed by atoms with Gasteiger partial charge in [-0.25, -0.2) is 0 Å². The zero-order chi connectivity index (χ0) is 11.1. The van der Waals surface area contributed by atoms with Crippen LogP contribution in [0.2, 0.25) is 0 Å². The highest BCUT2D eigenvalue weighted by Gasteiger charge is 2.29. The lowest BCUT2D eigenvalue weighted by atomic mass is 9.81. The number of cyclic esters (lactones) is 1. The summed E-state index contributed by atoms with van der Waals surface area (Å²) >= 11 is 0. The SMILES string of the molecule is CCCC[C@@H]1COC(=O)C[C@H]1CCCC. The molecule has 0 radical (unpaired) electrons. The minimum atomic E-state index is 0.0175. The first kappa shape index (κ1) is 12.5. The molecule has 2 nitrogen and oxygen atoms in total. The molecule has 1 aliphatic rings. The van der Waals surface area contributed by atoms with Crippen LogP contribution >= 0.6 is 0 Å². The third kappa shape index (κ3) is 4.23. The predicted molar refractivity (Wildman–Crippen MR) is 61.6 cm³/mol. The van der Waals surface area contributed by atoms with Crippen molar-refractivity contribution in [2.45, 2.75) is 58.8 Å². The summed E-state index contributed by atoms with van der Waals surface area (Å²) in [6.07, 6.45) is 8.09. The van der Waals surface area contributed by atoms with Crippen LogP contribution in [0.1, 0.15) is 58.8 Å². The molecule has 0 saturated carbocycles. The normalized spacial score (nSPS) is 26.4. The van der Waals surface area contributed by atoms with E-state index < -0.39 is 0 Å². The highest BCUT2D eigenvalue weighted by molar-refractivity contribution is 5.70. The molecule has 0 aromatic rings. The first-order chi connectivity index (χ1) is 7.27. The standard InChI is InChI=1S/C13H24O2/c1-3-5-7-11-9-13(14)15-10-12(11)8-6-4-2/h11-12H,3-10H2,1-2H3/t11-,12-/m1/s1. The summed E-state index contributed by atoms with van der Waals surface area (Å²) in [7, 11) is 0. The van der Waals surface area contributed by atoms with E-state index in [0.29, 0.717) is 24.9 Å². The monoisotopic (exact) mass is 212 g/mol. The van der Waals surface area contributed by atoms with E-state index in [0.717, 1.165) is 0 Å². The summed E-state index contributed by atoms with van der Waals surface area (Å²) in [6, 6.07) is 0. The maximum Gasteiger partial charge on any atom is 0.306 e. The van der Waals surface area contributed by atoms with Crippen LogP contribution < -0.4 is 0 Å². The van der Waals surface area contributed by atoms with E-state index in [9.17, 15) is 4.79 Å². The highest BCUT2D eigenvalue weighted by atomic mass is 16.5. The second-order valence-electron chi connectivity index (χ2n) is 4.69. The van der Waals surface area contributed by atoms with Gasteiger partial charge in [0.05, 0.1) is 6.61 Å². The van der Waals surface area contributed by atoms with Gasteiger partial charge < -0.3 is 4.74 Å². The fourth-order valence-corrected chi connectivity index (χ4v) is 2.37. The van der Waals surface area contributed by atoms with Crippen molar-refractivity contribution in [1.29, 1.82) is 0 Å². The lowest BCUT2D eigenvalue weighted by Crippen LogP contribution is -2.30.